The average Bonchev–Trinajstić information content (AvgIpc) is 2.51. The molecule has 0 fully saturated rings. The summed E-state index contributed by atoms with van der Waals surface area (Å²) in [5.74, 6) is 0.966. The number of carbonyl (C=O) groups is 1. The van der Waals surface area contributed by atoms with E-state index in [1.807, 2.05) is 0 Å². The summed E-state index contributed by atoms with van der Waals surface area (Å²) in [7, 11) is 0. The van der Waals surface area contributed by atoms with Crippen LogP contribution in [-0.2, 0) is 15.6 Å². The predicted octanol–water partition coefficient (Wildman–Crippen LogP) is 5.42. The minimum absolute atomic E-state index is 0.0832. The largest absolute Gasteiger partial charge is 0.493 e. The van der Waals surface area contributed by atoms with E-state index in [4.69, 9.17) is 4.74 Å². The van der Waals surface area contributed by atoms with E-state index < -0.39 is 0 Å². The van der Waals surface area contributed by atoms with Crippen LogP contribution in [0.25, 0.3) is 0 Å². The van der Waals surface area contributed by atoms with Crippen molar-refractivity contribution < 1.29 is 9.53 Å². The van der Waals surface area contributed by atoms with Gasteiger partial charge >= 0.3 is 0 Å². The highest BCUT2D eigenvalue weighted by Crippen LogP contribution is 2.38. The minimum Gasteiger partial charge on any atom is -0.493 e. The molecule has 0 aliphatic heterocycles. The van der Waals surface area contributed by atoms with E-state index in [-0.39, 0.29) is 10.8 Å². The standard InChI is InChI=1S/C20H32O2/c1-7-19(3,4)16-11-12-18(22-14-10-9-13-21)17(15-16)20(5,6)8-2/h11-13,15H,7-10,14H2,1-6H3. The number of hydrogen-bond acceptors (Lipinski definition) is 2. The first kappa shape index (κ1) is 18.7. The van der Waals surface area contributed by atoms with Crippen LogP contribution in [0.3, 0.4) is 0 Å². The quantitative estimate of drug-likeness (QED) is 0.450. The second-order valence-corrected chi connectivity index (χ2v) is 7.34. The van der Waals surface area contributed by atoms with E-state index in [1.165, 1.54) is 11.1 Å². The van der Waals surface area contributed by atoms with Crippen LogP contribution < -0.4 is 4.74 Å². The zero-order valence-electron chi connectivity index (χ0n) is 15.2. The van der Waals surface area contributed by atoms with Crippen LogP contribution in [0.2, 0.25) is 0 Å². The first-order valence-electron chi connectivity index (χ1n) is 8.50. The first-order chi connectivity index (χ1) is 10.3. The molecule has 0 N–H and O–H groups in total. The van der Waals surface area contributed by atoms with Gasteiger partial charge in [-0.05, 0) is 41.7 Å². The molecule has 0 bridgehead atoms. The first-order valence-corrected chi connectivity index (χ1v) is 8.50. The molecule has 0 aliphatic carbocycles. The average molecular weight is 304 g/mol. The van der Waals surface area contributed by atoms with Gasteiger partial charge in [-0.25, -0.2) is 0 Å². The Kier molecular flexibility index (Phi) is 6.65. The number of rotatable bonds is 9. The number of benzene rings is 1. The van der Waals surface area contributed by atoms with Gasteiger partial charge in [-0.2, -0.15) is 0 Å². The second kappa shape index (κ2) is 7.80. The monoisotopic (exact) mass is 304 g/mol. The van der Waals surface area contributed by atoms with Crippen LogP contribution in [0, 0.1) is 0 Å². The molecule has 0 amide bonds. The second-order valence-electron chi connectivity index (χ2n) is 7.34. The Balaban J connectivity index is 3.13. The third-order valence-electron chi connectivity index (χ3n) is 4.98. The summed E-state index contributed by atoms with van der Waals surface area (Å²) < 4.78 is 5.97. The highest BCUT2D eigenvalue weighted by Gasteiger charge is 2.26. The number of aldehydes is 1. The van der Waals surface area contributed by atoms with E-state index in [2.05, 4.69) is 59.7 Å². The third kappa shape index (κ3) is 4.59. The smallest absolute Gasteiger partial charge is 0.123 e. The SMILES string of the molecule is CCC(C)(C)c1ccc(OCCCC=O)c(C(C)(C)CC)c1. The van der Waals surface area contributed by atoms with Crippen LogP contribution in [0.15, 0.2) is 18.2 Å². The van der Waals surface area contributed by atoms with Crippen molar-refractivity contribution in [2.24, 2.45) is 0 Å². The Morgan fingerprint density at radius 3 is 2.23 bits per heavy atom. The van der Waals surface area contributed by atoms with Crippen LogP contribution in [0.5, 0.6) is 5.75 Å². The molecule has 0 radical (unpaired) electrons. The lowest BCUT2D eigenvalue weighted by atomic mass is 9.76. The number of ether oxygens (including phenoxy) is 1. The fourth-order valence-electron chi connectivity index (χ4n) is 2.35. The summed E-state index contributed by atoms with van der Waals surface area (Å²) in [6, 6.07) is 6.62. The topological polar surface area (TPSA) is 26.3 Å². The number of carbonyl (C=O) groups excluding carboxylic acids is 1. The molecule has 0 heterocycles. The lowest BCUT2D eigenvalue weighted by Crippen LogP contribution is -2.21. The van der Waals surface area contributed by atoms with E-state index in [0.29, 0.717) is 13.0 Å². The molecular formula is C20H32O2. The molecule has 2 nitrogen and oxygen atoms in total. The Bertz CT molecular complexity index is 486. The molecule has 1 aromatic rings. The maximum Gasteiger partial charge on any atom is 0.123 e. The van der Waals surface area contributed by atoms with Gasteiger partial charge < -0.3 is 9.53 Å². The Morgan fingerprint density at radius 2 is 1.68 bits per heavy atom. The predicted molar refractivity (Wildman–Crippen MR) is 93.9 cm³/mol. The van der Waals surface area contributed by atoms with E-state index in [9.17, 15) is 4.79 Å². The summed E-state index contributed by atoms with van der Waals surface area (Å²) in [6.45, 7) is 14.2. The zero-order chi connectivity index (χ0) is 16.8. The van der Waals surface area contributed by atoms with E-state index in [0.717, 1.165) is 31.3 Å². The Labute approximate surface area is 136 Å². The molecule has 124 valence electrons. The van der Waals surface area contributed by atoms with Gasteiger partial charge in [-0.3, -0.25) is 0 Å². The summed E-state index contributed by atoms with van der Waals surface area (Å²) in [5.41, 5.74) is 2.90. The van der Waals surface area contributed by atoms with Crippen LogP contribution in [-0.4, -0.2) is 12.9 Å². The molecule has 22 heavy (non-hydrogen) atoms. The van der Waals surface area contributed by atoms with Crippen molar-refractivity contribution >= 4 is 6.29 Å². The number of unbranched alkanes of at least 4 members (excludes halogenated alkanes) is 1. The van der Waals surface area contributed by atoms with Crippen molar-refractivity contribution in [1.29, 1.82) is 0 Å². The van der Waals surface area contributed by atoms with Crippen molar-refractivity contribution in [3.05, 3.63) is 29.3 Å². The molecule has 0 aliphatic rings. The summed E-state index contributed by atoms with van der Waals surface area (Å²) >= 11 is 0. The molecular weight excluding hydrogens is 272 g/mol. The fraction of sp³-hybridized carbons (Fsp3) is 0.650. The van der Waals surface area contributed by atoms with Gasteiger partial charge in [0.2, 0.25) is 0 Å². The Hall–Kier alpha value is -1.31. The van der Waals surface area contributed by atoms with Gasteiger partial charge in [0, 0.05) is 12.0 Å². The van der Waals surface area contributed by atoms with Crippen molar-refractivity contribution in [2.75, 3.05) is 6.61 Å². The van der Waals surface area contributed by atoms with Crippen molar-refractivity contribution in [1.82, 2.24) is 0 Å². The van der Waals surface area contributed by atoms with Crippen molar-refractivity contribution in [3.8, 4) is 5.75 Å². The lowest BCUT2D eigenvalue weighted by Gasteiger charge is -2.30. The molecule has 2 heteroatoms. The molecule has 0 saturated heterocycles. The van der Waals surface area contributed by atoms with Crippen LogP contribution in [0.1, 0.15) is 78.4 Å². The minimum atomic E-state index is 0.0832. The zero-order valence-corrected chi connectivity index (χ0v) is 15.2. The number of hydrogen-bond donors (Lipinski definition) is 0. The summed E-state index contributed by atoms with van der Waals surface area (Å²) in [6.07, 6.45) is 4.46. The van der Waals surface area contributed by atoms with Gasteiger partial charge in [-0.15, -0.1) is 0 Å². The molecule has 1 rings (SSSR count). The maximum absolute atomic E-state index is 10.4. The molecule has 0 atom stereocenters. The lowest BCUT2D eigenvalue weighted by molar-refractivity contribution is -0.108. The van der Waals surface area contributed by atoms with Gasteiger partial charge in [0.1, 0.15) is 12.0 Å². The highest BCUT2D eigenvalue weighted by atomic mass is 16.5. The van der Waals surface area contributed by atoms with Crippen molar-refractivity contribution in [3.63, 3.8) is 0 Å². The van der Waals surface area contributed by atoms with Gasteiger partial charge in [0.25, 0.3) is 0 Å². The highest BCUT2D eigenvalue weighted by molar-refractivity contribution is 5.49. The maximum atomic E-state index is 10.4. The molecule has 1 aromatic carbocycles. The van der Waals surface area contributed by atoms with Gasteiger partial charge in [-0.1, -0.05) is 53.7 Å². The molecule has 0 aromatic heterocycles. The fourth-order valence-corrected chi connectivity index (χ4v) is 2.35. The normalized spacial score (nSPS) is 12.3. The van der Waals surface area contributed by atoms with Gasteiger partial charge in [0.15, 0.2) is 0 Å². The summed E-state index contributed by atoms with van der Waals surface area (Å²) in [5, 5.41) is 0. The molecule has 0 saturated carbocycles. The molecule has 0 spiro atoms. The van der Waals surface area contributed by atoms with Crippen molar-refractivity contribution in [2.45, 2.75) is 78.1 Å². The van der Waals surface area contributed by atoms with Crippen LogP contribution in [0.4, 0.5) is 0 Å². The third-order valence-corrected chi connectivity index (χ3v) is 4.98. The van der Waals surface area contributed by atoms with Crippen LogP contribution >= 0.6 is 0 Å². The molecule has 0 unspecified atom stereocenters. The van der Waals surface area contributed by atoms with Gasteiger partial charge in [0.05, 0.1) is 6.61 Å². The summed E-state index contributed by atoms with van der Waals surface area (Å²) in [4.78, 5) is 10.4. The van der Waals surface area contributed by atoms with E-state index in [1.54, 1.807) is 0 Å². The van der Waals surface area contributed by atoms with E-state index >= 15 is 0 Å². The Morgan fingerprint density at radius 1 is 1.05 bits per heavy atom.